The first kappa shape index (κ1) is 16.0. The first-order valence-corrected chi connectivity index (χ1v) is 9.64. The number of rotatable bonds is 3. The quantitative estimate of drug-likeness (QED) is 0.876. The normalized spacial score (nSPS) is 24.1. The summed E-state index contributed by atoms with van der Waals surface area (Å²) in [6, 6.07) is 10.7. The summed E-state index contributed by atoms with van der Waals surface area (Å²) in [7, 11) is 0. The minimum absolute atomic E-state index is 0.170. The van der Waals surface area contributed by atoms with Gasteiger partial charge in [-0.05, 0) is 49.9 Å². The smallest absolute Gasteiger partial charge is 0.0950 e. The Bertz CT molecular complexity index is 687. The zero-order valence-corrected chi connectivity index (χ0v) is 14.4. The number of hydrogen-bond acceptors (Lipinski definition) is 3. The lowest BCUT2D eigenvalue weighted by molar-refractivity contribution is 0.115. The third-order valence-corrected chi connectivity index (χ3v) is 5.84. The van der Waals surface area contributed by atoms with Crippen molar-refractivity contribution in [1.29, 1.82) is 0 Å². The fourth-order valence-corrected chi connectivity index (χ4v) is 4.44. The van der Waals surface area contributed by atoms with Gasteiger partial charge in [0.2, 0.25) is 0 Å². The van der Waals surface area contributed by atoms with E-state index in [4.69, 9.17) is 4.98 Å². The number of aliphatic hydroxyl groups excluding tert-OH is 1. The molecule has 1 aromatic carbocycles. The van der Waals surface area contributed by atoms with Crippen molar-refractivity contribution >= 4 is 10.9 Å². The highest BCUT2D eigenvalue weighted by Crippen LogP contribution is 2.36. The Morgan fingerprint density at radius 2 is 1.79 bits per heavy atom. The highest BCUT2D eigenvalue weighted by molar-refractivity contribution is 5.83. The molecule has 2 aliphatic rings. The maximum absolute atomic E-state index is 11.1. The van der Waals surface area contributed by atoms with Crippen LogP contribution in [0, 0.1) is 0 Å². The molecule has 24 heavy (non-hydrogen) atoms. The summed E-state index contributed by atoms with van der Waals surface area (Å²) in [5.74, 6) is 0.564. The van der Waals surface area contributed by atoms with Crippen molar-refractivity contribution in [2.24, 2.45) is 0 Å². The average molecular weight is 324 g/mol. The fraction of sp³-hybridized carbons (Fsp3) is 0.571. The monoisotopic (exact) mass is 324 g/mol. The van der Waals surface area contributed by atoms with Crippen LogP contribution in [0.2, 0.25) is 0 Å². The van der Waals surface area contributed by atoms with Gasteiger partial charge in [0.1, 0.15) is 0 Å². The van der Waals surface area contributed by atoms with E-state index in [1.54, 1.807) is 0 Å². The number of hydrogen-bond donors (Lipinski definition) is 2. The molecule has 0 amide bonds. The van der Waals surface area contributed by atoms with E-state index < -0.39 is 6.10 Å². The molecule has 3 nitrogen and oxygen atoms in total. The first-order chi connectivity index (χ1) is 11.8. The molecule has 1 aromatic heterocycles. The van der Waals surface area contributed by atoms with Crippen LogP contribution in [-0.4, -0.2) is 22.7 Å². The topological polar surface area (TPSA) is 45.2 Å². The largest absolute Gasteiger partial charge is 0.387 e. The van der Waals surface area contributed by atoms with E-state index in [2.05, 4.69) is 35.6 Å². The number of aromatic nitrogens is 1. The molecule has 0 radical (unpaired) electrons. The predicted molar refractivity (Wildman–Crippen MR) is 98.2 cm³/mol. The van der Waals surface area contributed by atoms with Crippen LogP contribution in [0.1, 0.15) is 74.6 Å². The summed E-state index contributed by atoms with van der Waals surface area (Å²) >= 11 is 0. The van der Waals surface area contributed by atoms with Crippen molar-refractivity contribution in [3.8, 4) is 0 Å². The molecule has 1 aliphatic carbocycles. The molecule has 2 heterocycles. The molecule has 4 rings (SSSR count). The van der Waals surface area contributed by atoms with Gasteiger partial charge < -0.3 is 10.4 Å². The van der Waals surface area contributed by atoms with Gasteiger partial charge in [-0.15, -0.1) is 0 Å². The molecule has 3 heteroatoms. The Morgan fingerprint density at radius 1 is 1.00 bits per heavy atom. The number of para-hydroxylation sites is 1. The van der Waals surface area contributed by atoms with Crippen molar-refractivity contribution in [3.63, 3.8) is 0 Å². The number of piperidine rings is 1. The predicted octanol–water partition coefficient (Wildman–Crippen LogP) is 4.46. The fourth-order valence-electron chi connectivity index (χ4n) is 4.44. The van der Waals surface area contributed by atoms with E-state index in [0.717, 1.165) is 29.4 Å². The molecule has 0 unspecified atom stereocenters. The molecule has 2 N–H and O–H groups in total. The molecule has 0 bridgehead atoms. The molecule has 1 aliphatic heterocycles. The van der Waals surface area contributed by atoms with Crippen LogP contribution in [0.15, 0.2) is 30.3 Å². The number of aliphatic hydroxyl groups is 1. The average Bonchev–Trinajstić information content (AvgIpc) is 2.68. The summed E-state index contributed by atoms with van der Waals surface area (Å²) in [4.78, 5) is 4.96. The second-order valence-electron chi connectivity index (χ2n) is 7.49. The lowest BCUT2D eigenvalue weighted by Crippen LogP contribution is -2.38. The number of pyridine rings is 1. The van der Waals surface area contributed by atoms with Crippen LogP contribution in [0.5, 0.6) is 0 Å². The zero-order valence-electron chi connectivity index (χ0n) is 14.4. The van der Waals surface area contributed by atoms with E-state index in [1.807, 2.05) is 0 Å². The molecule has 1 saturated carbocycles. The van der Waals surface area contributed by atoms with Gasteiger partial charge in [-0.3, -0.25) is 4.98 Å². The standard InChI is InChI=1S/C21H28N2O/c24-21(19-12-6-7-13-22-19)17-14-20(15-8-2-1-3-9-15)23-18-11-5-4-10-16(17)18/h4-5,10-11,14-15,19,21-22,24H,1-3,6-9,12-13H2/t19-,21-/m1/s1. The second kappa shape index (κ2) is 7.20. The Morgan fingerprint density at radius 3 is 2.58 bits per heavy atom. The number of nitrogens with one attached hydrogen (secondary N) is 1. The summed E-state index contributed by atoms with van der Waals surface area (Å²) in [5, 5.41) is 15.7. The number of fused-ring (bicyclic) bond motifs is 1. The van der Waals surface area contributed by atoms with Gasteiger partial charge in [0.05, 0.1) is 11.6 Å². The van der Waals surface area contributed by atoms with Crippen LogP contribution in [0.3, 0.4) is 0 Å². The summed E-state index contributed by atoms with van der Waals surface area (Å²) in [6.07, 6.45) is 9.47. The minimum Gasteiger partial charge on any atom is -0.387 e. The van der Waals surface area contributed by atoms with E-state index >= 15 is 0 Å². The van der Waals surface area contributed by atoms with E-state index in [9.17, 15) is 5.11 Å². The Labute approximate surface area is 144 Å². The van der Waals surface area contributed by atoms with Crippen molar-refractivity contribution in [1.82, 2.24) is 10.3 Å². The number of benzene rings is 1. The van der Waals surface area contributed by atoms with Gasteiger partial charge in [-0.1, -0.05) is 43.9 Å². The van der Waals surface area contributed by atoms with Crippen LogP contribution in [0.4, 0.5) is 0 Å². The van der Waals surface area contributed by atoms with Crippen molar-refractivity contribution < 1.29 is 5.11 Å². The SMILES string of the molecule is O[C@H](c1cc(C2CCCCC2)nc2ccccc12)[C@H]1CCCCN1. The van der Waals surface area contributed by atoms with Crippen LogP contribution in [-0.2, 0) is 0 Å². The Kier molecular flexibility index (Phi) is 4.81. The minimum atomic E-state index is -0.444. The maximum atomic E-state index is 11.1. The first-order valence-electron chi connectivity index (χ1n) is 9.64. The maximum Gasteiger partial charge on any atom is 0.0950 e. The van der Waals surface area contributed by atoms with Gasteiger partial charge >= 0.3 is 0 Å². The summed E-state index contributed by atoms with van der Waals surface area (Å²) in [6.45, 7) is 1.01. The van der Waals surface area contributed by atoms with Gasteiger partial charge in [0.15, 0.2) is 0 Å². The van der Waals surface area contributed by atoms with Crippen molar-refractivity contribution in [3.05, 3.63) is 41.6 Å². The third kappa shape index (κ3) is 3.20. The molecule has 0 spiro atoms. The van der Waals surface area contributed by atoms with E-state index in [-0.39, 0.29) is 6.04 Å². The van der Waals surface area contributed by atoms with Crippen LogP contribution in [0.25, 0.3) is 10.9 Å². The lowest BCUT2D eigenvalue weighted by atomic mass is 9.84. The number of nitrogens with zero attached hydrogens (tertiary/aromatic N) is 1. The summed E-state index contributed by atoms with van der Waals surface area (Å²) < 4.78 is 0. The molecular formula is C21H28N2O. The molecule has 128 valence electrons. The second-order valence-corrected chi connectivity index (χ2v) is 7.49. The highest BCUT2D eigenvalue weighted by atomic mass is 16.3. The molecule has 2 aromatic rings. The molecule has 1 saturated heterocycles. The van der Waals surface area contributed by atoms with E-state index in [1.165, 1.54) is 50.6 Å². The van der Waals surface area contributed by atoms with E-state index in [0.29, 0.717) is 5.92 Å². The van der Waals surface area contributed by atoms with Crippen LogP contribution < -0.4 is 5.32 Å². The Hall–Kier alpha value is -1.45. The highest BCUT2D eigenvalue weighted by Gasteiger charge is 2.26. The zero-order chi connectivity index (χ0) is 16.4. The van der Waals surface area contributed by atoms with Crippen molar-refractivity contribution in [2.75, 3.05) is 6.54 Å². The molecular weight excluding hydrogens is 296 g/mol. The molecule has 2 fully saturated rings. The van der Waals surface area contributed by atoms with Crippen molar-refractivity contribution in [2.45, 2.75) is 69.4 Å². The van der Waals surface area contributed by atoms with Gasteiger partial charge in [-0.25, -0.2) is 0 Å². The Balaban J connectivity index is 1.73. The molecule has 2 atom stereocenters. The lowest BCUT2D eigenvalue weighted by Gasteiger charge is -2.30. The van der Waals surface area contributed by atoms with Gasteiger partial charge in [0.25, 0.3) is 0 Å². The summed E-state index contributed by atoms with van der Waals surface area (Å²) in [5.41, 5.74) is 3.30. The van der Waals surface area contributed by atoms with Crippen LogP contribution >= 0.6 is 0 Å². The van der Waals surface area contributed by atoms with Gasteiger partial charge in [0, 0.05) is 23.0 Å². The van der Waals surface area contributed by atoms with Gasteiger partial charge in [-0.2, -0.15) is 0 Å². The third-order valence-electron chi connectivity index (χ3n) is 5.84.